The van der Waals surface area contributed by atoms with Gasteiger partial charge in [-0.3, -0.25) is 4.79 Å². The molecule has 1 amide bonds. The molecule has 0 spiro atoms. The number of piperidine rings is 1. The van der Waals surface area contributed by atoms with E-state index in [1.807, 2.05) is 36.7 Å². The Morgan fingerprint density at radius 2 is 1.85 bits per heavy atom. The molecule has 1 aliphatic heterocycles. The van der Waals surface area contributed by atoms with Crippen LogP contribution < -0.4 is 10.2 Å². The molecule has 4 rings (SSSR count). The molecule has 6 heteroatoms. The summed E-state index contributed by atoms with van der Waals surface area (Å²) in [4.78, 5) is 14.8. The van der Waals surface area contributed by atoms with Crippen LogP contribution in [0.1, 0.15) is 31.9 Å². The normalized spacial score (nSPS) is 14.3. The number of benzene rings is 2. The fourth-order valence-electron chi connectivity index (χ4n) is 4.48. The van der Waals surface area contributed by atoms with Crippen LogP contribution in [0.2, 0.25) is 0 Å². The van der Waals surface area contributed by atoms with Gasteiger partial charge >= 0.3 is 0 Å². The van der Waals surface area contributed by atoms with E-state index >= 15 is 0 Å². The third-order valence-electron chi connectivity index (χ3n) is 6.39. The van der Waals surface area contributed by atoms with Crippen LogP contribution in [0.5, 0.6) is 0 Å². The Kier molecular flexibility index (Phi) is 7.66. The summed E-state index contributed by atoms with van der Waals surface area (Å²) in [5, 5.41) is 14.6. The molecule has 0 atom stereocenters. The average Bonchev–Trinajstić information content (AvgIpc) is 3.24. The third-order valence-corrected chi connectivity index (χ3v) is 6.39. The molecular weight excluding hydrogens is 424 g/mol. The highest BCUT2D eigenvalue weighted by Gasteiger charge is 2.13. The predicted octanol–water partition coefficient (Wildman–Crippen LogP) is 4.90. The number of hydrogen-bond donors (Lipinski definition) is 1. The zero-order valence-corrected chi connectivity index (χ0v) is 20.0. The fraction of sp³-hybridized carbons (Fsp3) is 0.357. The Bertz CT molecular complexity index is 1230. The first kappa shape index (κ1) is 23.6. The number of carbonyl (C=O) groups is 1. The van der Waals surface area contributed by atoms with Crippen LogP contribution in [-0.4, -0.2) is 43.3 Å². The highest BCUT2D eigenvalue weighted by atomic mass is 16.5. The Hall–Kier alpha value is -3.56. The summed E-state index contributed by atoms with van der Waals surface area (Å²) in [6.45, 7) is 5.57. The summed E-state index contributed by atoms with van der Waals surface area (Å²) in [5.74, 6) is -0.389. The van der Waals surface area contributed by atoms with Gasteiger partial charge in [0.25, 0.3) is 5.91 Å². The van der Waals surface area contributed by atoms with E-state index in [2.05, 4.69) is 46.6 Å². The summed E-state index contributed by atoms with van der Waals surface area (Å²) in [6.07, 6.45) is 5.49. The summed E-state index contributed by atoms with van der Waals surface area (Å²) in [7, 11) is 1.95. The van der Waals surface area contributed by atoms with E-state index in [0.717, 1.165) is 30.0 Å². The van der Waals surface area contributed by atoms with Crippen molar-refractivity contribution in [3.8, 4) is 17.3 Å². The number of fused-ring (bicyclic) bond motifs is 1. The third kappa shape index (κ3) is 5.32. The second-order valence-electron chi connectivity index (χ2n) is 8.62. The lowest BCUT2D eigenvalue weighted by Crippen LogP contribution is -2.29. The molecule has 2 heterocycles. The monoisotopic (exact) mass is 456 g/mol. The molecule has 0 bridgehead atoms. The SMILES string of the molecule is CCOCCNC(=O)/C(C#N)=C/c1ccc(-c2ccc3cc(N4CCCCC4)ccc3c2)n1C. The lowest BCUT2D eigenvalue weighted by atomic mass is 10.0. The molecular formula is C28H32N4O2. The van der Waals surface area contributed by atoms with Gasteiger partial charge < -0.3 is 19.5 Å². The molecule has 1 saturated heterocycles. The quantitative estimate of drug-likeness (QED) is 0.297. The number of hydrogen-bond acceptors (Lipinski definition) is 4. The minimum atomic E-state index is -0.389. The van der Waals surface area contributed by atoms with E-state index in [1.165, 1.54) is 35.7 Å². The lowest BCUT2D eigenvalue weighted by molar-refractivity contribution is -0.117. The van der Waals surface area contributed by atoms with Gasteiger partial charge in [-0.2, -0.15) is 5.26 Å². The highest BCUT2D eigenvalue weighted by molar-refractivity contribution is 6.01. The van der Waals surface area contributed by atoms with Crippen molar-refractivity contribution in [2.45, 2.75) is 26.2 Å². The highest BCUT2D eigenvalue weighted by Crippen LogP contribution is 2.30. The van der Waals surface area contributed by atoms with Crippen LogP contribution in [0.15, 0.2) is 54.1 Å². The second kappa shape index (κ2) is 11.0. The molecule has 0 aliphatic carbocycles. The van der Waals surface area contributed by atoms with Gasteiger partial charge in [0.05, 0.1) is 6.61 Å². The number of rotatable bonds is 8. The molecule has 34 heavy (non-hydrogen) atoms. The van der Waals surface area contributed by atoms with Gasteiger partial charge in [0.15, 0.2) is 0 Å². The zero-order valence-electron chi connectivity index (χ0n) is 20.0. The van der Waals surface area contributed by atoms with Crippen LogP contribution in [0.4, 0.5) is 5.69 Å². The minimum Gasteiger partial charge on any atom is -0.380 e. The van der Waals surface area contributed by atoms with Crippen LogP contribution in [0.3, 0.4) is 0 Å². The van der Waals surface area contributed by atoms with Crippen LogP contribution in [0.25, 0.3) is 28.1 Å². The van der Waals surface area contributed by atoms with Crippen LogP contribution in [0, 0.1) is 11.3 Å². The van der Waals surface area contributed by atoms with Gasteiger partial charge in [0.2, 0.25) is 0 Å². The number of aromatic nitrogens is 1. The van der Waals surface area contributed by atoms with Crippen molar-refractivity contribution in [3.63, 3.8) is 0 Å². The van der Waals surface area contributed by atoms with Gasteiger partial charge in [-0.05, 0) is 78.9 Å². The van der Waals surface area contributed by atoms with E-state index in [9.17, 15) is 10.1 Å². The second-order valence-corrected chi connectivity index (χ2v) is 8.62. The van der Waals surface area contributed by atoms with Crippen molar-refractivity contribution in [3.05, 3.63) is 59.8 Å². The first-order chi connectivity index (χ1) is 16.6. The van der Waals surface area contributed by atoms with E-state index in [-0.39, 0.29) is 11.5 Å². The molecule has 2 aromatic carbocycles. The van der Waals surface area contributed by atoms with E-state index in [0.29, 0.717) is 19.8 Å². The van der Waals surface area contributed by atoms with Crippen LogP contribution >= 0.6 is 0 Å². The number of carbonyl (C=O) groups excluding carboxylic acids is 1. The first-order valence-electron chi connectivity index (χ1n) is 12.0. The molecule has 3 aromatic rings. The van der Waals surface area contributed by atoms with E-state index < -0.39 is 0 Å². The van der Waals surface area contributed by atoms with Crippen molar-refractivity contribution in [1.29, 1.82) is 5.26 Å². The fourth-order valence-corrected chi connectivity index (χ4v) is 4.48. The van der Waals surface area contributed by atoms with Gasteiger partial charge in [-0.15, -0.1) is 0 Å². The van der Waals surface area contributed by atoms with Crippen molar-refractivity contribution in [2.75, 3.05) is 37.7 Å². The Morgan fingerprint density at radius 3 is 2.62 bits per heavy atom. The Morgan fingerprint density at radius 1 is 1.09 bits per heavy atom. The molecule has 0 saturated carbocycles. The number of amides is 1. The number of nitrogens with one attached hydrogen (secondary N) is 1. The standard InChI is InChI=1S/C28H32N4O2/c1-3-34-16-13-30-28(33)24(20-29)19-25-11-12-27(31(25)2)23-8-7-22-18-26(10-9-21(22)17-23)32-14-5-4-6-15-32/h7-12,17-19H,3-6,13-16H2,1-2H3,(H,30,33)/b24-19+. The number of ether oxygens (including phenoxy) is 1. The summed E-state index contributed by atoms with van der Waals surface area (Å²) >= 11 is 0. The molecule has 176 valence electrons. The largest absolute Gasteiger partial charge is 0.380 e. The van der Waals surface area contributed by atoms with E-state index in [4.69, 9.17) is 4.74 Å². The average molecular weight is 457 g/mol. The predicted molar refractivity (Wildman–Crippen MR) is 138 cm³/mol. The Labute approximate surface area is 201 Å². The first-order valence-corrected chi connectivity index (χ1v) is 12.0. The topological polar surface area (TPSA) is 70.3 Å². The van der Waals surface area contributed by atoms with Gasteiger partial charge in [0, 0.05) is 50.4 Å². The van der Waals surface area contributed by atoms with Crippen LogP contribution in [-0.2, 0) is 16.6 Å². The van der Waals surface area contributed by atoms with Gasteiger partial charge in [-0.1, -0.05) is 18.2 Å². The molecule has 0 unspecified atom stereocenters. The summed E-state index contributed by atoms with van der Waals surface area (Å²) in [6, 6.07) is 19.2. The summed E-state index contributed by atoms with van der Waals surface area (Å²) < 4.78 is 7.24. The van der Waals surface area contributed by atoms with Gasteiger partial charge in [0.1, 0.15) is 11.6 Å². The summed E-state index contributed by atoms with van der Waals surface area (Å²) in [5.41, 5.74) is 4.30. The van der Waals surface area contributed by atoms with Crippen molar-refractivity contribution >= 4 is 28.4 Å². The van der Waals surface area contributed by atoms with Crippen molar-refractivity contribution in [2.24, 2.45) is 7.05 Å². The molecule has 0 radical (unpaired) electrons. The van der Waals surface area contributed by atoms with E-state index in [1.54, 1.807) is 6.08 Å². The molecule has 1 N–H and O–H groups in total. The molecule has 1 aliphatic rings. The smallest absolute Gasteiger partial charge is 0.262 e. The zero-order chi connectivity index (χ0) is 23.9. The van der Waals surface area contributed by atoms with Crippen molar-refractivity contribution < 1.29 is 9.53 Å². The lowest BCUT2D eigenvalue weighted by Gasteiger charge is -2.29. The molecule has 1 fully saturated rings. The molecule has 1 aromatic heterocycles. The van der Waals surface area contributed by atoms with Gasteiger partial charge in [-0.25, -0.2) is 0 Å². The molecule has 6 nitrogen and oxygen atoms in total. The maximum atomic E-state index is 12.3. The maximum absolute atomic E-state index is 12.3. The maximum Gasteiger partial charge on any atom is 0.262 e. The Balaban J connectivity index is 1.54. The van der Waals surface area contributed by atoms with Crippen molar-refractivity contribution in [1.82, 2.24) is 9.88 Å². The number of nitriles is 1. The number of anilines is 1. The minimum absolute atomic E-state index is 0.0769. The number of nitrogens with zero attached hydrogens (tertiary/aromatic N) is 3.